The summed E-state index contributed by atoms with van der Waals surface area (Å²) in [7, 11) is -2.37. The molecule has 1 atom stereocenters. The van der Waals surface area contributed by atoms with Crippen molar-refractivity contribution in [2.24, 2.45) is 5.41 Å². The first kappa shape index (κ1) is 19.6. The van der Waals surface area contributed by atoms with Crippen LogP contribution in [0.5, 0.6) is 0 Å². The molecule has 1 aromatic carbocycles. The van der Waals surface area contributed by atoms with Crippen LogP contribution in [0.25, 0.3) is 0 Å². The van der Waals surface area contributed by atoms with Gasteiger partial charge in [0, 0.05) is 36.2 Å². The molecule has 11 heteroatoms. The minimum absolute atomic E-state index is 0.00413. The molecule has 162 valence electrons. The van der Waals surface area contributed by atoms with E-state index in [0.717, 1.165) is 12.8 Å². The van der Waals surface area contributed by atoms with E-state index in [1.165, 1.54) is 11.0 Å². The van der Waals surface area contributed by atoms with Gasteiger partial charge >= 0.3 is 6.09 Å². The van der Waals surface area contributed by atoms with Gasteiger partial charge in [0.05, 0.1) is 30.7 Å². The fraction of sp³-hybridized carbons (Fsp3) is 0.526. The van der Waals surface area contributed by atoms with Crippen LogP contribution in [0.3, 0.4) is 0 Å². The summed E-state index contributed by atoms with van der Waals surface area (Å²) in [4.78, 5) is 15.7. The summed E-state index contributed by atoms with van der Waals surface area (Å²) < 4.78 is 41.3. The second-order valence-corrected chi connectivity index (χ2v) is 10.6. The van der Waals surface area contributed by atoms with Gasteiger partial charge in [0.15, 0.2) is 0 Å². The van der Waals surface area contributed by atoms with E-state index in [4.69, 9.17) is 4.74 Å². The van der Waals surface area contributed by atoms with Crippen LogP contribution in [-0.4, -0.2) is 67.4 Å². The van der Waals surface area contributed by atoms with Gasteiger partial charge in [0.1, 0.15) is 11.9 Å². The molecule has 5 rings (SSSR count). The van der Waals surface area contributed by atoms with E-state index in [1.807, 2.05) is 4.90 Å². The Morgan fingerprint density at radius 1 is 1.27 bits per heavy atom. The third-order valence-electron chi connectivity index (χ3n) is 6.22. The summed E-state index contributed by atoms with van der Waals surface area (Å²) in [6.07, 6.45) is 4.02. The zero-order valence-corrected chi connectivity index (χ0v) is 17.2. The minimum Gasteiger partial charge on any atom is -0.442 e. The lowest BCUT2D eigenvalue weighted by atomic mass is 9.81. The summed E-state index contributed by atoms with van der Waals surface area (Å²) in [5.74, 6) is 0.568. The van der Waals surface area contributed by atoms with Crippen molar-refractivity contribution < 1.29 is 23.0 Å². The van der Waals surface area contributed by atoms with Gasteiger partial charge in [0.2, 0.25) is 0 Å². The fourth-order valence-corrected chi connectivity index (χ4v) is 7.19. The molecule has 3 fully saturated rings. The second-order valence-electron chi connectivity index (χ2n) is 8.46. The van der Waals surface area contributed by atoms with Gasteiger partial charge in [-0.1, -0.05) is 5.21 Å². The number of hydrogen-bond acceptors (Lipinski definition) is 7. The first-order valence-electron chi connectivity index (χ1n) is 9.93. The number of cyclic esters (lactones) is 1. The number of ether oxygens (including phenoxy) is 1. The summed E-state index contributed by atoms with van der Waals surface area (Å²) in [6.45, 7) is 2.06. The van der Waals surface area contributed by atoms with Crippen molar-refractivity contribution in [2.75, 3.05) is 40.9 Å². The van der Waals surface area contributed by atoms with E-state index in [-0.39, 0.29) is 17.3 Å². The van der Waals surface area contributed by atoms with E-state index < -0.39 is 16.7 Å². The molecular formula is C19H24FN5O4S. The highest BCUT2D eigenvalue weighted by Crippen LogP contribution is 2.62. The molecule has 3 aliphatic rings. The molecule has 9 nitrogen and oxygen atoms in total. The zero-order valence-electron chi connectivity index (χ0n) is 16.4. The van der Waals surface area contributed by atoms with Crippen LogP contribution < -0.4 is 9.80 Å². The van der Waals surface area contributed by atoms with Gasteiger partial charge in [-0.25, -0.2) is 13.9 Å². The molecule has 0 bridgehead atoms. The second kappa shape index (κ2) is 7.10. The maximum atomic E-state index is 14.9. The van der Waals surface area contributed by atoms with Gasteiger partial charge in [-0.15, -0.1) is 5.10 Å². The van der Waals surface area contributed by atoms with E-state index in [0.29, 0.717) is 49.1 Å². The lowest BCUT2D eigenvalue weighted by Crippen LogP contribution is -2.52. The molecule has 1 amide bonds. The molecule has 0 saturated carbocycles. The fourth-order valence-electron chi connectivity index (χ4n) is 4.74. The number of carbonyl (C=O) groups is 1. The molecule has 1 aromatic heterocycles. The molecule has 1 unspecified atom stereocenters. The Balaban J connectivity index is 1.24. The average Bonchev–Trinajstić information content (AvgIpc) is 3.31. The maximum Gasteiger partial charge on any atom is 0.414 e. The standard InChI is InChI=1S/C19H24FN5O4S/c20-16-9-14(25-11-15(29-18(25)26)10-24-8-5-21-22-24)1-2-17(16)23-6-3-19(4-7-23)12-30(27,28)13-19/h1-2,5,8-9,15,27-28H,3-4,6-7,10-13H2. The van der Waals surface area contributed by atoms with Crippen LogP contribution >= 0.6 is 10.6 Å². The Labute approximate surface area is 174 Å². The molecule has 1 spiro atoms. The van der Waals surface area contributed by atoms with E-state index >= 15 is 0 Å². The third-order valence-corrected chi connectivity index (χ3v) is 8.37. The number of benzene rings is 1. The Hall–Kier alpha value is -2.37. The molecule has 0 aliphatic carbocycles. The van der Waals surface area contributed by atoms with Crippen LogP contribution in [0.1, 0.15) is 12.8 Å². The highest BCUT2D eigenvalue weighted by molar-refractivity contribution is 8.25. The number of anilines is 2. The summed E-state index contributed by atoms with van der Waals surface area (Å²) in [5, 5.41) is 7.61. The van der Waals surface area contributed by atoms with Crippen LogP contribution in [0, 0.1) is 11.2 Å². The lowest BCUT2D eigenvalue weighted by Gasteiger charge is -2.58. The zero-order chi connectivity index (χ0) is 20.9. The van der Waals surface area contributed by atoms with Gasteiger partial charge < -0.3 is 9.64 Å². The molecule has 30 heavy (non-hydrogen) atoms. The highest BCUT2D eigenvalue weighted by Gasteiger charge is 2.49. The average molecular weight is 437 g/mol. The number of nitrogens with zero attached hydrogens (tertiary/aromatic N) is 5. The van der Waals surface area contributed by atoms with Crippen molar-refractivity contribution in [2.45, 2.75) is 25.5 Å². The number of carbonyl (C=O) groups excluding carboxylic acids is 1. The largest absolute Gasteiger partial charge is 0.442 e. The first-order chi connectivity index (χ1) is 14.3. The number of halogens is 1. The van der Waals surface area contributed by atoms with Crippen molar-refractivity contribution in [3.05, 3.63) is 36.4 Å². The predicted octanol–water partition coefficient (Wildman–Crippen LogP) is 2.79. The topological polar surface area (TPSA) is 104 Å². The SMILES string of the molecule is O=C1OC(Cn2ccnn2)CN1c1ccc(N2CCC3(CC2)CS(O)(O)C3)c(F)c1. The Morgan fingerprint density at radius 2 is 2.03 bits per heavy atom. The van der Waals surface area contributed by atoms with Gasteiger partial charge in [-0.2, -0.15) is 10.6 Å². The van der Waals surface area contributed by atoms with E-state index in [2.05, 4.69) is 10.3 Å². The first-order valence-corrected chi connectivity index (χ1v) is 11.8. The van der Waals surface area contributed by atoms with Gasteiger partial charge in [-0.3, -0.25) is 14.0 Å². The monoisotopic (exact) mass is 437 g/mol. The van der Waals surface area contributed by atoms with Crippen molar-refractivity contribution in [3.63, 3.8) is 0 Å². The Kier molecular flexibility index (Phi) is 4.64. The van der Waals surface area contributed by atoms with Crippen LogP contribution in [0.2, 0.25) is 0 Å². The molecule has 2 N–H and O–H groups in total. The van der Waals surface area contributed by atoms with E-state index in [1.54, 1.807) is 29.2 Å². The van der Waals surface area contributed by atoms with Crippen LogP contribution in [0.15, 0.2) is 30.6 Å². The maximum absolute atomic E-state index is 14.9. The van der Waals surface area contributed by atoms with Crippen molar-refractivity contribution in [3.8, 4) is 0 Å². The Morgan fingerprint density at radius 3 is 2.67 bits per heavy atom. The van der Waals surface area contributed by atoms with Crippen LogP contribution in [-0.2, 0) is 11.3 Å². The molecule has 2 aromatic rings. The van der Waals surface area contributed by atoms with Crippen molar-refractivity contribution >= 4 is 28.1 Å². The van der Waals surface area contributed by atoms with Gasteiger partial charge in [0.25, 0.3) is 0 Å². The minimum atomic E-state index is -2.37. The number of aromatic nitrogens is 3. The number of rotatable bonds is 4. The highest BCUT2D eigenvalue weighted by atomic mass is 32.3. The lowest BCUT2D eigenvalue weighted by molar-refractivity contribution is 0.129. The molecule has 3 aliphatic heterocycles. The van der Waals surface area contributed by atoms with Crippen LogP contribution in [0.4, 0.5) is 20.6 Å². The predicted molar refractivity (Wildman–Crippen MR) is 110 cm³/mol. The van der Waals surface area contributed by atoms with Gasteiger partial charge in [-0.05, 0) is 31.0 Å². The molecular weight excluding hydrogens is 413 g/mol. The quantitative estimate of drug-likeness (QED) is 0.758. The number of hydrogen-bond donors (Lipinski definition) is 2. The summed E-state index contributed by atoms with van der Waals surface area (Å²) in [6, 6.07) is 4.82. The number of piperidine rings is 1. The Bertz CT molecular complexity index is 938. The van der Waals surface area contributed by atoms with Crippen molar-refractivity contribution in [1.29, 1.82) is 0 Å². The summed E-state index contributed by atoms with van der Waals surface area (Å²) in [5.41, 5.74) is 0.972. The summed E-state index contributed by atoms with van der Waals surface area (Å²) >= 11 is 0. The molecule has 3 saturated heterocycles. The number of amides is 1. The molecule has 0 radical (unpaired) electrons. The van der Waals surface area contributed by atoms with E-state index in [9.17, 15) is 18.3 Å². The smallest absolute Gasteiger partial charge is 0.414 e. The third kappa shape index (κ3) is 3.61. The van der Waals surface area contributed by atoms with Crippen molar-refractivity contribution in [1.82, 2.24) is 15.0 Å². The molecule has 4 heterocycles. The normalized spacial score (nSPS) is 25.8.